The Bertz CT molecular complexity index is 2600. The Labute approximate surface area is 335 Å². The molecule has 2 heterocycles. The number of methoxy groups -OCH3 is 2. The molecule has 6 aromatic carbocycles. The van der Waals surface area contributed by atoms with Gasteiger partial charge in [0.2, 0.25) is 0 Å². The van der Waals surface area contributed by atoms with Gasteiger partial charge in [-0.05, 0) is 84.0 Å². The molecule has 2 aliphatic heterocycles. The van der Waals surface area contributed by atoms with Gasteiger partial charge in [-0.15, -0.1) is 0 Å². The predicted molar refractivity (Wildman–Crippen MR) is 232 cm³/mol. The van der Waals surface area contributed by atoms with Gasteiger partial charge in [0.15, 0.2) is 5.60 Å². The Morgan fingerprint density at radius 1 is 0.719 bits per heavy atom. The van der Waals surface area contributed by atoms with Crippen LogP contribution in [0.4, 0.5) is 11.4 Å². The molecule has 57 heavy (non-hydrogen) atoms. The monoisotopic (exact) mass is 752 g/mol. The molecule has 0 bridgehead atoms. The number of rotatable bonds is 6. The number of benzene rings is 6. The summed E-state index contributed by atoms with van der Waals surface area (Å²) < 4.78 is 19.3. The Hall–Kier alpha value is -6.16. The van der Waals surface area contributed by atoms with Crippen LogP contribution in [0.3, 0.4) is 0 Å². The second kappa shape index (κ2) is 13.8. The summed E-state index contributed by atoms with van der Waals surface area (Å²) in [5.41, 5.74) is 8.78. The van der Waals surface area contributed by atoms with Crippen LogP contribution in [0.5, 0.6) is 17.2 Å². The molecule has 3 aliphatic rings. The smallest absolute Gasteiger partial charge is 0.178 e. The Balaban J connectivity index is 1.17. The molecule has 6 nitrogen and oxygen atoms in total. The van der Waals surface area contributed by atoms with Crippen LogP contribution in [-0.4, -0.2) is 51.1 Å². The number of hydrogen-bond donors (Lipinski definition) is 1. The van der Waals surface area contributed by atoms with Crippen LogP contribution in [0.15, 0.2) is 121 Å². The zero-order chi connectivity index (χ0) is 39.5. The van der Waals surface area contributed by atoms with Gasteiger partial charge in [-0.2, -0.15) is 0 Å². The number of ether oxygens (including phenoxy) is 3. The first-order valence-corrected chi connectivity index (χ1v) is 19.8. The van der Waals surface area contributed by atoms with Crippen LogP contribution >= 0.6 is 0 Å². The molecule has 0 saturated carbocycles. The zero-order valence-electron chi connectivity index (χ0n) is 33.5. The lowest BCUT2D eigenvalue weighted by Crippen LogP contribution is -2.46. The standard InChI is InChI=1S/C51H48N2O4/c1-49(2,54)26-24-34-32-40-41(33-45(34)56-6)48-39(47-46(40)38-16-10-11-17-42(38)50(47,3)4)25-27-51(57-48,35-14-8-7-9-15-35)36-20-22-37(23-21-36)52-28-30-53(31-29-52)43-18-12-13-19-44(43)55-5/h7-23,25,27,32-33,54H,28-31H2,1-6H3. The fourth-order valence-electron chi connectivity index (χ4n) is 9.14. The maximum atomic E-state index is 10.6. The van der Waals surface area contributed by atoms with E-state index in [0.29, 0.717) is 5.75 Å². The second-order valence-corrected chi connectivity index (χ2v) is 16.3. The fourth-order valence-corrected chi connectivity index (χ4v) is 9.14. The van der Waals surface area contributed by atoms with Crippen molar-refractivity contribution >= 4 is 28.2 Å². The van der Waals surface area contributed by atoms with Crippen molar-refractivity contribution in [2.24, 2.45) is 0 Å². The quantitative estimate of drug-likeness (QED) is 0.171. The number of hydrogen-bond acceptors (Lipinski definition) is 6. The van der Waals surface area contributed by atoms with E-state index in [4.69, 9.17) is 14.2 Å². The average molecular weight is 753 g/mol. The molecule has 6 aromatic rings. The van der Waals surface area contributed by atoms with Crippen LogP contribution < -0.4 is 24.0 Å². The van der Waals surface area contributed by atoms with Crippen molar-refractivity contribution in [3.63, 3.8) is 0 Å². The molecule has 9 rings (SSSR count). The molecule has 1 N–H and O–H groups in total. The predicted octanol–water partition coefficient (Wildman–Crippen LogP) is 9.96. The maximum absolute atomic E-state index is 10.6. The second-order valence-electron chi connectivity index (χ2n) is 16.3. The maximum Gasteiger partial charge on any atom is 0.178 e. The van der Waals surface area contributed by atoms with E-state index in [2.05, 4.69) is 151 Å². The van der Waals surface area contributed by atoms with Crippen molar-refractivity contribution in [1.29, 1.82) is 0 Å². The normalized spacial score (nSPS) is 17.9. The molecule has 1 aliphatic carbocycles. The van der Waals surface area contributed by atoms with E-state index in [1.54, 1.807) is 28.1 Å². The molecule has 1 unspecified atom stereocenters. The van der Waals surface area contributed by atoms with Gasteiger partial charge in [0, 0.05) is 59.4 Å². The first-order valence-electron chi connectivity index (χ1n) is 19.8. The summed E-state index contributed by atoms with van der Waals surface area (Å²) in [4.78, 5) is 4.87. The molecule has 1 fully saturated rings. The van der Waals surface area contributed by atoms with Crippen LogP contribution in [-0.2, 0) is 11.0 Å². The highest BCUT2D eigenvalue weighted by atomic mass is 16.5. The van der Waals surface area contributed by atoms with Gasteiger partial charge in [0.25, 0.3) is 0 Å². The van der Waals surface area contributed by atoms with E-state index in [9.17, 15) is 5.11 Å². The van der Waals surface area contributed by atoms with Gasteiger partial charge in [0.1, 0.15) is 22.8 Å². The van der Waals surface area contributed by atoms with Crippen LogP contribution in [0.1, 0.15) is 61.1 Å². The van der Waals surface area contributed by atoms with Gasteiger partial charge in [-0.1, -0.05) is 111 Å². The van der Waals surface area contributed by atoms with Crippen molar-refractivity contribution in [3.8, 4) is 40.2 Å². The topological polar surface area (TPSA) is 54.4 Å². The highest BCUT2D eigenvalue weighted by Gasteiger charge is 2.44. The van der Waals surface area contributed by atoms with E-state index >= 15 is 0 Å². The third-order valence-electron chi connectivity index (χ3n) is 11.9. The summed E-state index contributed by atoms with van der Waals surface area (Å²) in [6.45, 7) is 11.6. The molecule has 0 spiro atoms. The first-order chi connectivity index (χ1) is 27.5. The zero-order valence-corrected chi connectivity index (χ0v) is 33.5. The van der Waals surface area contributed by atoms with Gasteiger partial charge >= 0.3 is 0 Å². The van der Waals surface area contributed by atoms with Gasteiger partial charge < -0.3 is 29.1 Å². The van der Waals surface area contributed by atoms with E-state index in [-0.39, 0.29) is 5.41 Å². The van der Waals surface area contributed by atoms with Crippen molar-refractivity contribution in [2.45, 2.75) is 44.3 Å². The van der Waals surface area contributed by atoms with E-state index in [1.165, 1.54) is 27.9 Å². The third kappa shape index (κ3) is 6.09. The lowest BCUT2D eigenvalue weighted by molar-refractivity contribution is 0.143. The van der Waals surface area contributed by atoms with E-state index in [0.717, 1.165) is 76.4 Å². The largest absolute Gasteiger partial charge is 0.495 e. The van der Waals surface area contributed by atoms with Crippen LogP contribution in [0, 0.1) is 11.8 Å². The molecule has 1 saturated heterocycles. The van der Waals surface area contributed by atoms with Gasteiger partial charge in [-0.3, -0.25) is 0 Å². The third-order valence-corrected chi connectivity index (χ3v) is 11.9. The van der Waals surface area contributed by atoms with E-state index < -0.39 is 11.2 Å². The van der Waals surface area contributed by atoms with Gasteiger partial charge in [0.05, 0.1) is 25.5 Å². The minimum atomic E-state index is -1.16. The molecule has 286 valence electrons. The Morgan fingerprint density at radius 3 is 2.09 bits per heavy atom. The highest BCUT2D eigenvalue weighted by Crippen LogP contribution is 2.58. The molecule has 1 atom stereocenters. The van der Waals surface area contributed by atoms with Crippen molar-refractivity contribution in [1.82, 2.24) is 0 Å². The Morgan fingerprint density at radius 2 is 1.37 bits per heavy atom. The molecule has 0 aromatic heterocycles. The number of nitrogens with zero attached hydrogens (tertiary/aromatic N) is 2. The number of aliphatic hydroxyl groups is 1. The highest BCUT2D eigenvalue weighted by molar-refractivity contribution is 6.09. The summed E-state index contributed by atoms with van der Waals surface area (Å²) in [6.07, 6.45) is 4.54. The summed E-state index contributed by atoms with van der Waals surface area (Å²) in [5.74, 6) is 8.60. The lowest BCUT2D eigenvalue weighted by atomic mass is 9.76. The number of para-hydroxylation sites is 2. The van der Waals surface area contributed by atoms with E-state index in [1.807, 2.05) is 12.1 Å². The first kappa shape index (κ1) is 36.5. The molecular formula is C51H48N2O4. The number of anilines is 2. The van der Waals surface area contributed by atoms with Crippen LogP contribution in [0.25, 0.3) is 28.0 Å². The summed E-state index contributed by atoms with van der Waals surface area (Å²) in [7, 11) is 3.41. The minimum Gasteiger partial charge on any atom is -0.495 e. The minimum absolute atomic E-state index is 0.291. The summed E-state index contributed by atoms with van der Waals surface area (Å²) >= 11 is 0. The van der Waals surface area contributed by atoms with Crippen molar-refractivity contribution in [3.05, 3.63) is 155 Å². The molecule has 6 heteroatoms. The van der Waals surface area contributed by atoms with Crippen molar-refractivity contribution < 1.29 is 19.3 Å². The summed E-state index contributed by atoms with van der Waals surface area (Å²) in [6, 6.07) is 40.6. The molecular weight excluding hydrogens is 705 g/mol. The Kier molecular flexibility index (Phi) is 8.83. The SMILES string of the molecule is COc1cc2c3c(c4c(c2cc1C#CC(C)(C)O)-c1ccccc1C4(C)C)C=CC(c1ccccc1)(c1ccc(N2CCN(c4ccccc4OC)CC2)cc1)O3. The van der Waals surface area contributed by atoms with Crippen LogP contribution in [0.2, 0.25) is 0 Å². The lowest BCUT2D eigenvalue weighted by Gasteiger charge is -2.39. The number of piperazine rings is 1. The number of fused-ring (bicyclic) bond motifs is 8. The van der Waals surface area contributed by atoms with Crippen molar-refractivity contribution in [2.75, 3.05) is 50.2 Å². The molecule has 0 radical (unpaired) electrons. The summed E-state index contributed by atoms with van der Waals surface area (Å²) in [5, 5.41) is 12.6. The molecule has 0 amide bonds. The fraction of sp³-hybridized carbons (Fsp3) is 0.255. The average Bonchev–Trinajstić information content (AvgIpc) is 3.49. The van der Waals surface area contributed by atoms with Gasteiger partial charge in [-0.25, -0.2) is 0 Å².